The van der Waals surface area contributed by atoms with Crippen molar-refractivity contribution in [2.45, 2.75) is 32.7 Å². The summed E-state index contributed by atoms with van der Waals surface area (Å²) in [6.07, 6.45) is 0. The van der Waals surface area contributed by atoms with Gasteiger partial charge in [-0.15, -0.1) is 0 Å². The molecule has 0 aliphatic heterocycles. The normalized spacial score (nSPS) is 12.6. The third-order valence-corrected chi connectivity index (χ3v) is 2.69. The number of ketones is 1. The van der Waals surface area contributed by atoms with E-state index in [1.807, 2.05) is 18.2 Å². The molecule has 16 heavy (non-hydrogen) atoms. The van der Waals surface area contributed by atoms with Gasteiger partial charge in [-0.1, -0.05) is 19.9 Å². The highest BCUT2D eigenvalue weighted by Crippen LogP contribution is 2.28. The molecule has 0 aromatic heterocycles. The molecule has 1 aromatic carbocycles. The van der Waals surface area contributed by atoms with Gasteiger partial charge in [0.25, 0.3) is 0 Å². The van der Waals surface area contributed by atoms with Crippen LogP contribution in [0, 0.1) is 0 Å². The molecule has 0 radical (unpaired) electrons. The zero-order chi connectivity index (χ0) is 12.3. The van der Waals surface area contributed by atoms with Gasteiger partial charge in [0.1, 0.15) is 5.75 Å². The number of hydrogen-bond donors (Lipinski definition) is 1. The van der Waals surface area contributed by atoms with Gasteiger partial charge >= 0.3 is 0 Å². The molecule has 1 atom stereocenters. The molecule has 0 saturated carbocycles. The molecule has 3 heteroatoms. The molecule has 0 fully saturated rings. The van der Waals surface area contributed by atoms with Crippen molar-refractivity contribution in [1.29, 1.82) is 0 Å². The highest BCUT2D eigenvalue weighted by Gasteiger charge is 2.17. The van der Waals surface area contributed by atoms with Crippen LogP contribution in [0.5, 0.6) is 5.75 Å². The number of hydrogen-bond acceptors (Lipinski definition) is 3. The van der Waals surface area contributed by atoms with E-state index in [4.69, 9.17) is 10.5 Å². The SMILES string of the molecule is COc1ccc(C(C)C)cc1C(N)C(C)=O. The Morgan fingerprint density at radius 3 is 2.44 bits per heavy atom. The number of methoxy groups -OCH3 is 1. The molecule has 3 nitrogen and oxygen atoms in total. The van der Waals surface area contributed by atoms with E-state index >= 15 is 0 Å². The van der Waals surface area contributed by atoms with E-state index in [1.54, 1.807) is 7.11 Å². The number of carbonyl (C=O) groups is 1. The monoisotopic (exact) mass is 221 g/mol. The predicted octanol–water partition coefficient (Wildman–Crippen LogP) is 2.41. The van der Waals surface area contributed by atoms with Crippen LogP contribution in [0.3, 0.4) is 0 Å². The van der Waals surface area contributed by atoms with Gasteiger partial charge in [0.05, 0.1) is 13.2 Å². The maximum Gasteiger partial charge on any atom is 0.151 e. The van der Waals surface area contributed by atoms with Crippen molar-refractivity contribution in [1.82, 2.24) is 0 Å². The van der Waals surface area contributed by atoms with Crippen LogP contribution in [0.15, 0.2) is 18.2 Å². The molecule has 1 rings (SSSR count). The maximum atomic E-state index is 11.3. The first-order chi connectivity index (χ1) is 7.47. The Bertz CT molecular complexity index is 386. The average Bonchev–Trinajstić information content (AvgIpc) is 2.26. The van der Waals surface area contributed by atoms with Gasteiger partial charge in [-0.25, -0.2) is 0 Å². The Morgan fingerprint density at radius 2 is 2.00 bits per heavy atom. The molecule has 1 aromatic rings. The van der Waals surface area contributed by atoms with Gasteiger partial charge in [0.15, 0.2) is 5.78 Å². The first-order valence-corrected chi connectivity index (χ1v) is 5.41. The predicted molar refractivity (Wildman–Crippen MR) is 64.7 cm³/mol. The molecule has 88 valence electrons. The number of rotatable bonds is 4. The fraction of sp³-hybridized carbons (Fsp3) is 0.462. The Balaban J connectivity index is 3.21. The maximum absolute atomic E-state index is 11.3. The van der Waals surface area contributed by atoms with Gasteiger partial charge in [-0.05, 0) is 30.5 Å². The van der Waals surface area contributed by atoms with Crippen molar-refractivity contribution in [3.8, 4) is 5.75 Å². The highest BCUT2D eigenvalue weighted by atomic mass is 16.5. The van der Waals surface area contributed by atoms with Crippen molar-refractivity contribution in [2.24, 2.45) is 5.73 Å². The van der Waals surface area contributed by atoms with E-state index in [9.17, 15) is 4.79 Å². The van der Waals surface area contributed by atoms with Gasteiger partial charge in [-0.3, -0.25) is 4.79 Å². The lowest BCUT2D eigenvalue weighted by molar-refractivity contribution is -0.118. The second kappa shape index (κ2) is 5.12. The number of carbonyl (C=O) groups excluding carboxylic acids is 1. The zero-order valence-corrected chi connectivity index (χ0v) is 10.3. The second-order valence-corrected chi connectivity index (χ2v) is 4.24. The van der Waals surface area contributed by atoms with Crippen LogP contribution in [0.4, 0.5) is 0 Å². The summed E-state index contributed by atoms with van der Waals surface area (Å²) in [7, 11) is 1.58. The molecule has 0 spiro atoms. The fourth-order valence-corrected chi connectivity index (χ4v) is 1.57. The van der Waals surface area contributed by atoms with Crippen LogP contribution in [-0.4, -0.2) is 12.9 Å². The molecule has 2 N–H and O–H groups in total. The molecule has 0 aliphatic rings. The Kier molecular flexibility index (Phi) is 4.07. The zero-order valence-electron chi connectivity index (χ0n) is 10.3. The summed E-state index contributed by atoms with van der Waals surface area (Å²) in [5, 5.41) is 0. The molecule has 0 bridgehead atoms. The lowest BCUT2D eigenvalue weighted by atomic mass is 9.96. The Labute approximate surface area is 96.6 Å². The molecule has 0 aliphatic carbocycles. The lowest BCUT2D eigenvalue weighted by Crippen LogP contribution is -2.19. The van der Waals surface area contributed by atoms with Gasteiger partial charge in [-0.2, -0.15) is 0 Å². The standard InChI is InChI=1S/C13H19NO2/c1-8(2)10-5-6-12(16-4)11(7-10)13(14)9(3)15/h5-8,13H,14H2,1-4H3. The molecule has 0 saturated heterocycles. The summed E-state index contributed by atoms with van der Waals surface area (Å²) in [4.78, 5) is 11.3. The summed E-state index contributed by atoms with van der Waals surface area (Å²) in [5.41, 5.74) is 7.78. The fourth-order valence-electron chi connectivity index (χ4n) is 1.57. The lowest BCUT2D eigenvalue weighted by Gasteiger charge is -2.16. The summed E-state index contributed by atoms with van der Waals surface area (Å²) < 4.78 is 5.22. The Hall–Kier alpha value is -1.35. The second-order valence-electron chi connectivity index (χ2n) is 4.24. The quantitative estimate of drug-likeness (QED) is 0.849. The van der Waals surface area contributed by atoms with Crippen molar-refractivity contribution in [2.75, 3.05) is 7.11 Å². The van der Waals surface area contributed by atoms with E-state index in [0.717, 1.165) is 11.1 Å². The Morgan fingerprint density at radius 1 is 1.38 bits per heavy atom. The number of nitrogens with two attached hydrogens (primary N) is 1. The third kappa shape index (κ3) is 2.61. The van der Waals surface area contributed by atoms with Crippen LogP contribution in [-0.2, 0) is 4.79 Å². The van der Waals surface area contributed by atoms with E-state index in [2.05, 4.69) is 13.8 Å². The average molecular weight is 221 g/mol. The van der Waals surface area contributed by atoms with Gasteiger partial charge < -0.3 is 10.5 Å². The van der Waals surface area contributed by atoms with Crippen LogP contribution in [0.2, 0.25) is 0 Å². The molecular formula is C13H19NO2. The topological polar surface area (TPSA) is 52.3 Å². The van der Waals surface area contributed by atoms with Crippen LogP contribution in [0.1, 0.15) is 43.9 Å². The van der Waals surface area contributed by atoms with Gasteiger partial charge in [0, 0.05) is 5.56 Å². The minimum Gasteiger partial charge on any atom is -0.496 e. The minimum atomic E-state index is -0.603. The van der Waals surface area contributed by atoms with E-state index in [0.29, 0.717) is 11.7 Å². The van der Waals surface area contributed by atoms with E-state index < -0.39 is 6.04 Å². The van der Waals surface area contributed by atoms with Crippen molar-refractivity contribution < 1.29 is 9.53 Å². The first kappa shape index (κ1) is 12.7. The van der Waals surface area contributed by atoms with Crippen LogP contribution >= 0.6 is 0 Å². The van der Waals surface area contributed by atoms with Gasteiger partial charge in [0.2, 0.25) is 0 Å². The smallest absolute Gasteiger partial charge is 0.151 e. The summed E-state index contributed by atoms with van der Waals surface area (Å²) in [5.74, 6) is 1.02. The summed E-state index contributed by atoms with van der Waals surface area (Å²) in [6.45, 7) is 5.70. The summed E-state index contributed by atoms with van der Waals surface area (Å²) in [6, 6.07) is 5.22. The number of benzene rings is 1. The summed E-state index contributed by atoms with van der Waals surface area (Å²) >= 11 is 0. The largest absolute Gasteiger partial charge is 0.496 e. The first-order valence-electron chi connectivity index (χ1n) is 5.41. The minimum absolute atomic E-state index is 0.0563. The van der Waals surface area contributed by atoms with Crippen molar-refractivity contribution in [3.63, 3.8) is 0 Å². The van der Waals surface area contributed by atoms with Crippen molar-refractivity contribution in [3.05, 3.63) is 29.3 Å². The molecule has 1 unspecified atom stereocenters. The van der Waals surface area contributed by atoms with Crippen LogP contribution < -0.4 is 10.5 Å². The highest BCUT2D eigenvalue weighted by molar-refractivity contribution is 5.83. The number of Topliss-reactive ketones (excluding diaryl/α,β-unsaturated/α-hetero) is 1. The van der Waals surface area contributed by atoms with E-state index in [1.165, 1.54) is 6.92 Å². The van der Waals surface area contributed by atoms with Crippen LogP contribution in [0.25, 0.3) is 0 Å². The molecule has 0 heterocycles. The molecular weight excluding hydrogens is 202 g/mol. The van der Waals surface area contributed by atoms with Crippen molar-refractivity contribution >= 4 is 5.78 Å². The number of ether oxygens (including phenoxy) is 1. The third-order valence-electron chi connectivity index (χ3n) is 2.69. The molecule has 0 amide bonds. The van der Waals surface area contributed by atoms with E-state index in [-0.39, 0.29) is 5.78 Å².